The van der Waals surface area contributed by atoms with Crippen molar-refractivity contribution in [3.63, 3.8) is 0 Å². The molecule has 118 valence electrons. The lowest BCUT2D eigenvalue weighted by Gasteiger charge is -2.07. The molecule has 0 saturated carbocycles. The van der Waals surface area contributed by atoms with Gasteiger partial charge in [0.15, 0.2) is 5.69 Å². The third-order valence-electron chi connectivity index (χ3n) is 3.49. The van der Waals surface area contributed by atoms with E-state index in [4.69, 9.17) is 4.52 Å². The van der Waals surface area contributed by atoms with Gasteiger partial charge in [0.1, 0.15) is 12.0 Å². The van der Waals surface area contributed by atoms with Crippen molar-refractivity contribution in [2.45, 2.75) is 26.8 Å². The monoisotopic (exact) mass is 311 g/mol. The molecule has 0 aliphatic rings. The summed E-state index contributed by atoms with van der Waals surface area (Å²) in [5.41, 5.74) is 3.30. The van der Waals surface area contributed by atoms with Crippen molar-refractivity contribution in [2.75, 3.05) is 5.32 Å². The molecule has 23 heavy (non-hydrogen) atoms. The number of carbonyl (C=O) groups is 1. The zero-order chi connectivity index (χ0) is 16.4. The summed E-state index contributed by atoms with van der Waals surface area (Å²) in [7, 11) is 0. The quantitative estimate of drug-likeness (QED) is 0.800. The molecule has 7 nitrogen and oxygen atoms in total. The van der Waals surface area contributed by atoms with Crippen molar-refractivity contribution < 1.29 is 9.32 Å². The van der Waals surface area contributed by atoms with Gasteiger partial charge in [0, 0.05) is 23.4 Å². The van der Waals surface area contributed by atoms with Gasteiger partial charge >= 0.3 is 0 Å². The average Bonchev–Trinajstić information content (AvgIpc) is 3.16. The first-order valence-corrected chi connectivity index (χ1v) is 7.30. The number of rotatable bonds is 4. The van der Waals surface area contributed by atoms with Crippen LogP contribution in [-0.2, 0) is 0 Å². The van der Waals surface area contributed by atoms with Gasteiger partial charge < -0.3 is 9.84 Å². The van der Waals surface area contributed by atoms with E-state index in [1.54, 1.807) is 10.7 Å². The van der Waals surface area contributed by atoms with Gasteiger partial charge in [-0.2, -0.15) is 0 Å². The highest BCUT2D eigenvalue weighted by Gasteiger charge is 2.18. The number of aromatic nitrogens is 4. The van der Waals surface area contributed by atoms with Crippen LogP contribution in [0.4, 0.5) is 5.69 Å². The Morgan fingerprint density at radius 2 is 2.13 bits per heavy atom. The minimum absolute atomic E-state index is 0.152. The lowest BCUT2D eigenvalue weighted by atomic mass is 10.1. The summed E-state index contributed by atoms with van der Waals surface area (Å²) in [4.78, 5) is 12.4. The van der Waals surface area contributed by atoms with Crippen LogP contribution in [0, 0.1) is 6.92 Å². The Kier molecular flexibility index (Phi) is 3.92. The van der Waals surface area contributed by atoms with Gasteiger partial charge in [0.25, 0.3) is 5.91 Å². The molecule has 2 heterocycles. The first-order chi connectivity index (χ1) is 11.1. The van der Waals surface area contributed by atoms with E-state index in [-0.39, 0.29) is 11.9 Å². The molecule has 0 aliphatic carbocycles. The second kappa shape index (κ2) is 6.04. The fraction of sp³-hybridized carbons (Fsp3) is 0.250. The molecule has 0 aliphatic heterocycles. The summed E-state index contributed by atoms with van der Waals surface area (Å²) < 4.78 is 6.56. The standard InChI is InChI=1S/C16H17N5O2/c1-10(2)21-11(3)15(18-20-21)16(22)17-13-6-4-5-12(9-13)14-7-8-23-19-14/h4-10H,1-3H3,(H,17,22). The molecule has 0 unspecified atom stereocenters. The van der Waals surface area contributed by atoms with E-state index >= 15 is 0 Å². The van der Waals surface area contributed by atoms with Crippen molar-refractivity contribution in [3.8, 4) is 11.3 Å². The van der Waals surface area contributed by atoms with Crippen LogP contribution in [0.25, 0.3) is 11.3 Å². The predicted molar refractivity (Wildman–Crippen MR) is 85.0 cm³/mol. The topological polar surface area (TPSA) is 85.8 Å². The SMILES string of the molecule is Cc1c(C(=O)Nc2cccc(-c3ccon3)c2)nnn1C(C)C. The molecule has 3 rings (SSSR count). The van der Waals surface area contributed by atoms with Crippen molar-refractivity contribution in [3.05, 3.63) is 48.0 Å². The van der Waals surface area contributed by atoms with Gasteiger partial charge in [-0.05, 0) is 32.9 Å². The summed E-state index contributed by atoms with van der Waals surface area (Å²) in [5, 5.41) is 14.7. The van der Waals surface area contributed by atoms with E-state index in [0.29, 0.717) is 17.1 Å². The Morgan fingerprint density at radius 1 is 1.30 bits per heavy atom. The van der Waals surface area contributed by atoms with Crippen molar-refractivity contribution in [1.82, 2.24) is 20.2 Å². The Labute approximate surface area is 133 Å². The maximum absolute atomic E-state index is 12.4. The molecule has 0 saturated heterocycles. The number of benzene rings is 1. The first kappa shape index (κ1) is 15.0. The minimum Gasteiger partial charge on any atom is -0.364 e. The summed E-state index contributed by atoms with van der Waals surface area (Å²) in [6.45, 7) is 5.82. The van der Waals surface area contributed by atoms with Gasteiger partial charge in [-0.25, -0.2) is 4.68 Å². The number of hydrogen-bond acceptors (Lipinski definition) is 5. The Balaban J connectivity index is 1.82. The summed E-state index contributed by atoms with van der Waals surface area (Å²) in [6.07, 6.45) is 1.51. The Morgan fingerprint density at radius 3 is 2.78 bits per heavy atom. The molecule has 2 aromatic heterocycles. The molecular weight excluding hydrogens is 294 g/mol. The highest BCUT2D eigenvalue weighted by molar-refractivity contribution is 6.03. The molecule has 0 atom stereocenters. The molecule has 0 fully saturated rings. The number of anilines is 1. The fourth-order valence-electron chi connectivity index (χ4n) is 2.35. The van der Waals surface area contributed by atoms with Gasteiger partial charge in [0.2, 0.25) is 0 Å². The molecule has 0 bridgehead atoms. The van der Waals surface area contributed by atoms with Crippen LogP contribution >= 0.6 is 0 Å². The maximum atomic E-state index is 12.4. The van der Waals surface area contributed by atoms with E-state index in [0.717, 1.165) is 11.3 Å². The highest BCUT2D eigenvalue weighted by atomic mass is 16.5. The van der Waals surface area contributed by atoms with Crippen LogP contribution in [-0.4, -0.2) is 26.1 Å². The first-order valence-electron chi connectivity index (χ1n) is 7.30. The zero-order valence-electron chi connectivity index (χ0n) is 13.1. The minimum atomic E-state index is -0.285. The number of nitrogens with one attached hydrogen (secondary N) is 1. The number of nitrogens with zero attached hydrogens (tertiary/aromatic N) is 4. The number of hydrogen-bond donors (Lipinski definition) is 1. The second-order valence-corrected chi connectivity index (χ2v) is 5.48. The second-order valence-electron chi connectivity index (χ2n) is 5.48. The molecular formula is C16H17N5O2. The van der Waals surface area contributed by atoms with Gasteiger partial charge in [-0.15, -0.1) is 5.10 Å². The normalized spacial score (nSPS) is 11.0. The number of amides is 1. The fourth-order valence-corrected chi connectivity index (χ4v) is 2.35. The van der Waals surface area contributed by atoms with Crippen LogP contribution in [0.3, 0.4) is 0 Å². The molecule has 1 amide bonds. The lowest BCUT2D eigenvalue weighted by molar-refractivity contribution is 0.102. The van der Waals surface area contributed by atoms with Crippen LogP contribution < -0.4 is 5.32 Å². The van der Waals surface area contributed by atoms with Gasteiger partial charge in [0.05, 0.1) is 5.69 Å². The third-order valence-corrected chi connectivity index (χ3v) is 3.49. The molecule has 1 aromatic carbocycles. The van der Waals surface area contributed by atoms with Gasteiger partial charge in [-0.3, -0.25) is 4.79 Å². The van der Waals surface area contributed by atoms with E-state index in [2.05, 4.69) is 20.8 Å². The van der Waals surface area contributed by atoms with Crippen LogP contribution in [0.1, 0.15) is 36.1 Å². The smallest absolute Gasteiger partial charge is 0.278 e. The molecule has 3 aromatic rings. The van der Waals surface area contributed by atoms with E-state index in [1.807, 2.05) is 45.0 Å². The predicted octanol–water partition coefficient (Wildman–Crippen LogP) is 3.07. The van der Waals surface area contributed by atoms with Crippen molar-refractivity contribution in [2.24, 2.45) is 0 Å². The Bertz CT molecular complexity index is 821. The van der Waals surface area contributed by atoms with Gasteiger partial charge in [-0.1, -0.05) is 22.5 Å². The molecule has 0 radical (unpaired) electrons. The highest BCUT2D eigenvalue weighted by Crippen LogP contribution is 2.21. The van der Waals surface area contributed by atoms with E-state index < -0.39 is 0 Å². The van der Waals surface area contributed by atoms with Crippen molar-refractivity contribution >= 4 is 11.6 Å². The molecule has 1 N–H and O–H groups in total. The largest absolute Gasteiger partial charge is 0.364 e. The lowest BCUT2D eigenvalue weighted by Crippen LogP contribution is -2.14. The molecule has 0 spiro atoms. The van der Waals surface area contributed by atoms with Crippen molar-refractivity contribution in [1.29, 1.82) is 0 Å². The van der Waals surface area contributed by atoms with Crippen LogP contribution in [0.15, 0.2) is 41.1 Å². The maximum Gasteiger partial charge on any atom is 0.278 e. The summed E-state index contributed by atoms with van der Waals surface area (Å²) >= 11 is 0. The molecule has 7 heteroatoms. The summed E-state index contributed by atoms with van der Waals surface area (Å²) in [5.74, 6) is -0.285. The summed E-state index contributed by atoms with van der Waals surface area (Å²) in [6, 6.07) is 9.30. The van der Waals surface area contributed by atoms with E-state index in [9.17, 15) is 4.79 Å². The third kappa shape index (κ3) is 2.98. The van der Waals surface area contributed by atoms with E-state index in [1.165, 1.54) is 6.26 Å². The Hall–Kier alpha value is -2.96. The van der Waals surface area contributed by atoms with Crippen LogP contribution in [0.5, 0.6) is 0 Å². The zero-order valence-corrected chi connectivity index (χ0v) is 13.1. The van der Waals surface area contributed by atoms with Crippen LogP contribution in [0.2, 0.25) is 0 Å². The average molecular weight is 311 g/mol. The number of carbonyl (C=O) groups excluding carboxylic acids is 1.